The van der Waals surface area contributed by atoms with E-state index in [2.05, 4.69) is 15.5 Å². The summed E-state index contributed by atoms with van der Waals surface area (Å²) < 4.78 is 12.8. The Hall–Kier alpha value is -4.31. The predicted octanol–water partition coefficient (Wildman–Crippen LogP) is 4.30. The van der Waals surface area contributed by atoms with E-state index in [0.717, 1.165) is 11.3 Å². The number of carbonyl (C=O) groups excluding carboxylic acids is 2. The fraction of sp³-hybridized carbons (Fsp3) is 0.120. The van der Waals surface area contributed by atoms with Crippen molar-refractivity contribution in [3.8, 4) is 34.3 Å². The normalized spacial score (nSPS) is 11.9. The number of phenols is 1. The lowest BCUT2D eigenvalue weighted by atomic mass is 10.1. The number of aromatic nitrogens is 3. The van der Waals surface area contributed by atoms with Gasteiger partial charge in [-0.05, 0) is 48.5 Å². The first-order valence-corrected chi connectivity index (χ1v) is 11.7. The number of ketones is 1. The van der Waals surface area contributed by atoms with Gasteiger partial charge in [0, 0.05) is 23.7 Å². The Labute approximate surface area is 204 Å². The van der Waals surface area contributed by atoms with Gasteiger partial charge in [-0.1, -0.05) is 30.0 Å². The first-order valence-electron chi connectivity index (χ1n) is 10.7. The minimum Gasteiger partial charge on any atom is -0.506 e. The fourth-order valence-electron chi connectivity index (χ4n) is 3.61. The second-order valence-corrected chi connectivity index (χ2v) is 8.61. The third-order valence-electron chi connectivity index (χ3n) is 5.24. The number of ether oxygens (including phenoxy) is 2. The van der Waals surface area contributed by atoms with E-state index in [-0.39, 0.29) is 35.7 Å². The summed E-state index contributed by atoms with van der Waals surface area (Å²) in [6.45, 7) is 1.51. The molecule has 0 unspecified atom stereocenters. The quantitative estimate of drug-likeness (QED) is 0.225. The highest BCUT2D eigenvalue weighted by Gasteiger charge is 2.21. The van der Waals surface area contributed by atoms with Crippen molar-refractivity contribution in [3.63, 3.8) is 0 Å². The van der Waals surface area contributed by atoms with Gasteiger partial charge in [-0.3, -0.25) is 14.2 Å². The van der Waals surface area contributed by atoms with Gasteiger partial charge in [0.15, 0.2) is 28.3 Å². The SMILES string of the molecule is CC(=O)Nc1cc(C(=O)CSc2nnc(-c3ccc4c(c3)OCO4)n2-c2ccccc2)ccc1O. The second kappa shape index (κ2) is 9.51. The molecule has 0 aliphatic carbocycles. The molecule has 5 rings (SSSR count). The van der Waals surface area contributed by atoms with Crippen LogP contribution in [0.15, 0.2) is 71.9 Å². The third-order valence-corrected chi connectivity index (χ3v) is 6.17. The summed E-state index contributed by atoms with van der Waals surface area (Å²) in [7, 11) is 0. The molecular formula is C25H20N4O5S. The standard InChI is InChI=1S/C25H20N4O5S/c1-15(30)26-19-11-16(7-9-20(19)31)21(32)13-35-25-28-27-24(29(25)18-5-3-2-4-6-18)17-8-10-22-23(12-17)34-14-33-22/h2-12,31H,13-14H2,1H3,(H,26,30). The Bertz CT molecular complexity index is 1420. The molecule has 1 aliphatic rings. The number of anilines is 1. The molecule has 35 heavy (non-hydrogen) atoms. The highest BCUT2D eigenvalue weighted by Crippen LogP contribution is 2.37. The van der Waals surface area contributed by atoms with Crippen molar-refractivity contribution in [2.45, 2.75) is 12.1 Å². The zero-order chi connectivity index (χ0) is 24.4. The van der Waals surface area contributed by atoms with Gasteiger partial charge in [0.05, 0.1) is 11.4 Å². The highest BCUT2D eigenvalue weighted by molar-refractivity contribution is 7.99. The third kappa shape index (κ3) is 4.69. The maximum absolute atomic E-state index is 12.9. The van der Waals surface area contributed by atoms with Crippen LogP contribution in [-0.2, 0) is 4.79 Å². The number of carbonyl (C=O) groups is 2. The van der Waals surface area contributed by atoms with Crippen molar-refractivity contribution < 1.29 is 24.2 Å². The highest BCUT2D eigenvalue weighted by atomic mass is 32.2. The number of nitrogens with zero attached hydrogens (tertiary/aromatic N) is 3. The molecule has 1 amide bonds. The van der Waals surface area contributed by atoms with Crippen LogP contribution in [0.5, 0.6) is 17.2 Å². The van der Waals surface area contributed by atoms with Crippen molar-refractivity contribution in [1.82, 2.24) is 14.8 Å². The molecule has 0 radical (unpaired) electrons. The molecule has 3 aromatic carbocycles. The molecule has 0 bridgehead atoms. The number of fused-ring (bicyclic) bond motifs is 1. The van der Waals surface area contributed by atoms with Crippen LogP contribution in [0.3, 0.4) is 0 Å². The van der Waals surface area contributed by atoms with E-state index in [1.54, 1.807) is 0 Å². The lowest BCUT2D eigenvalue weighted by Crippen LogP contribution is -2.09. The summed E-state index contributed by atoms with van der Waals surface area (Å²) in [6.07, 6.45) is 0. The summed E-state index contributed by atoms with van der Waals surface area (Å²) in [5.41, 5.74) is 2.19. The van der Waals surface area contributed by atoms with Crippen LogP contribution < -0.4 is 14.8 Å². The van der Waals surface area contributed by atoms with Crippen molar-refractivity contribution in [3.05, 3.63) is 72.3 Å². The molecule has 1 aliphatic heterocycles. The Morgan fingerprint density at radius 3 is 2.63 bits per heavy atom. The Balaban J connectivity index is 1.44. The van der Waals surface area contributed by atoms with Gasteiger partial charge < -0.3 is 19.9 Å². The van der Waals surface area contributed by atoms with E-state index in [4.69, 9.17) is 9.47 Å². The Morgan fingerprint density at radius 1 is 1.03 bits per heavy atom. The molecule has 1 aromatic heterocycles. The molecule has 2 heterocycles. The van der Waals surface area contributed by atoms with Crippen LogP contribution >= 0.6 is 11.8 Å². The van der Waals surface area contributed by atoms with Gasteiger partial charge in [-0.25, -0.2) is 0 Å². The smallest absolute Gasteiger partial charge is 0.231 e. The average Bonchev–Trinajstić information content (AvgIpc) is 3.50. The lowest BCUT2D eigenvalue weighted by Gasteiger charge is -2.11. The minimum absolute atomic E-state index is 0.0798. The largest absolute Gasteiger partial charge is 0.506 e. The predicted molar refractivity (Wildman–Crippen MR) is 130 cm³/mol. The molecule has 2 N–H and O–H groups in total. The molecule has 0 fully saturated rings. The number of Topliss-reactive ketones (excluding diaryl/α,β-unsaturated/α-hetero) is 1. The van der Waals surface area contributed by atoms with Gasteiger partial charge in [0.2, 0.25) is 12.7 Å². The summed E-state index contributed by atoms with van der Waals surface area (Å²) in [4.78, 5) is 24.3. The van der Waals surface area contributed by atoms with Gasteiger partial charge in [0.1, 0.15) is 5.75 Å². The number of rotatable bonds is 7. The van der Waals surface area contributed by atoms with Gasteiger partial charge in [0.25, 0.3) is 0 Å². The molecule has 4 aromatic rings. The van der Waals surface area contributed by atoms with Crippen LogP contribution in [-0.4, -0.2) is 44.1 Å². The van der Waals surface area contributed by atoms with E-state index in [1.165, 1.54) is 36.9 Å². The van der Waals surface area contributed by atoms with E-state index in [9.17, 15) is 14.7 Å². The number of amides is 1. The molecule has 0 spiro atoms. The summed E-state index contributed by atoms with van der Waals surface area (Å²) >= 11 is 1.24. The lowest BCUT2D eigenvalue weighted by molar-refractivity contribution is -0.114. The second-order valence-electron chi connectivity index (χ2n) is 7.67. The van der Waals surface area contributed by atoms with Crippen molar-refractivity contribution in [1.29, 1.82) is 0 Å². The van der Waals surface area contributed by atoms with Crippen LogP contribution in [0.2, 0.25) is 0 Å². The zero-order valence-corrected chi connectivity index (χ0v) is 19.4. The number of aromatic hydroxyl groups is 1. The molecule has 9 nitrogen and oxygen atoms in total. The number of thioether (sulfide) groups is 1. The summed E-state index contributed by atoms with van der Waals surface area (Å²) in [5.74, 6) is 1.35. The number of nitrogens with one attached hydrogen (secondary N) is 1. The molecule has 0 saturated heterocycles. The minimum atomic E-state index is -0.341. The zero-order valence-electron chi connectivity index (χ0n) is 18.6. The number of benzene rings is 3. The van der Waals surface area contributed by atoms with Gasteiger partial charge >= 0.3 is 0 Å². The Morgan fingerprint density at radius 2 is 1.83 bits per heavy atom. The van der Waals surface area contributed by atoms with Crippen molar-refractivity contribution in [2.24, 2.45) is 0 Å². The molecule has 0 atom stereocenters. The first-order chi connectivity index (χ1) is 17.0. The number of hydrogen-bond donors (Lipinski definition) is 2. The molecule has 176 valence electrons. The summed E-state index contributed by atoms with van der Waals surface area (Å²) in [6, 6.07) is 19.5. The van der Waals surface area contributed by atoms with E-state index in [1.807, 2.05) is 53.1 Å². The van der Waals surface area contributed by atoms with Crippen LogP contribution in [0.4, 0.5) is 5.69 Å². The Kier molecular flexibility index (Phi) is 6.11. The molecule has 0 saturated carbocycles. The molecular weight excluding hydrogens is 468 g/mol. The topological polar surface area (TPSA) is 116 Å². The summed E-state index contributed by atoms with van der Waals surface area (Å²) in [5, 5.41) is 21.7. The number of hydrogen-bond acceptors (Lipinski definition) is 8. The monoisotopic (exact) mass is 488 g/mol. The van der Waals surface area contributed by atoms with Gasteiger partial charge in [-0.2, -0.15) is 0 Å². The fourth-order valence-corrected chi connectivity index (χ4v) is 4.45. The van der Waals surface area contributed by atoms with E-state index in [0.29, 0.717) is 28.0 Å². The van der Waals surface area contributed by atoms with Crippen LogP contribution in [0, 0.1) is 0 Å². The van der Waals surface area contributed by atoms with E-state index < -0.39 is 0 Å². The molecule has 10 heteroatoms. The maximum Gasteiger partial charge on any atom is 0.231 e. The number of para-hydroxylation sites is 1. The maximum atomic E-state index is 12.9. The van der Waals surface area contributed by atoms with Crippen LogP contribution in [0.25, 0.3) is 17.1 Å². The number of phenolic OH excluding ortho intramolecular Hbond substituents is 1. The first kappa shape index (κ1) is 22.5. The van der Waals surface area contributed by atoms with Crippen LogP contribution in [0.1, 0.15) is 17.3 Å². The van der Waals surface area contributed by atoms with Crippen molar-refractivity contribution >= 4 is 29.1 Å². The van der Waals surface area contributed by atoms with Crippen molar-refractivity contribution in [2.75, 3.05) is 17.9 Å². The van der Waals surface area contributed by atoms with Gasteiger partial charge in [-0.15, -0.1) is 10.2 Å². The average molecular weight is 489 g/mol. The van der Waals surface area contributed by atoms with E-state index >= 15 is 0 Å².